The number of piperazine rings is 1. The molecule has 1 aliphatic heterocycles. The van der Waals surface area contributed by atoms with E-state index < -0.39 is 0 Å². The Kier molecular flexibility index (Phi) is 6.36. The average Bonchev–Trinajstić information content (AvgIpc) is 3.06. The Morgan fingerprint density at radius 3 is 2.70 bits per heavy atom. The van der Waals surface area contributed by atoms with Crippen LogP contribution in [0.1, 0.15) is 18.4 Å². The largest absolute Gasteiger partial charge is 0.495 e. The van der Waals surface area contributed by atoms with E-state index in [4.69, 9.17) is 20.9 Å². The summed E-state index contributed by atoms with van der Waals surface area (Å²) in [5, 5.41) is 7.52. The van der Waals surface area contributed by atoms with Gasteiger partial charge in [-0.3, -0.25) is 14.6 Å². The summed E-state index contributed by atoms with van der Waals surface area (Å²) < 4.78 is 10.4. The molecule has 0 aliphatic carbocycles. The Bertz CT molecular complexity index is 787. The zero-order chi connectivity index (χ0) is 19.4. The lowest BCUT2D eigenvalue weighted by Gasteiger charge is -2.37. The predicted octanol–water partition coefficient (Wildman–Crippen LogP) is 2.79. The van der Waals surface area contributed by atoms with Gasteiger partial charge >= 0.3 is 0 Å². The molecule has 3 rings (SSSR count). The molecule has 1 saturated heterocycles. The van der Waals surface area contributed by atoms with Crippen LogP contribution in [-0.4, -0.2) is 60.2 Å². The van der Waals surface area contributed by atoms with Gasteiger partial charge in [0, 0.05) is 43.8 Å². The number of carbonyl (C=O) groups is 1. The minimum Gasteiger partial charge on any atom is -0.495 e. The van der Waals surface area contributed by atoms with Crippen LogP contribution in [0.4, 0.5) is 5.69 Å². The van der Waals surface area contributed by atoms with Crippen LogP contribution in [0.5, 0.6) is 5.75 Å². The van der Waals surface area contributed by atoms with E-state index in [0.29, 0.717) is 16.5 Å². The van der Waals surface area contributed by atoms with Crippen LogP contribution >= 0.6 is 11.6 Å². The molecule has 8 heteroatoms. The maximum absolute atomic E-state index is 12.7. The maximum Gasteiger partial charge on any atom is 0.241 e. The number of methoxy groups -OCH3 is 1. The van der Waals surface area contributed by atoms with Crippen molar-refractivity contribution in [1.29, 1.82) is 0 Å². The number of hydrogen-bond donors (Lipinski definition) is 1. The minimum absolute atomic E-state index is 0.0730. The molecule has 1 fully saturated rings. The molecular formula is C19H25ClN4O3. The second-order valence-corrected chi connectivity index (χ2v) is 7.19. The van der Waals surface area contributed by atoms with E-state index >= 15 is 0 Å². The third-order valence-corrected chi connectivity index (χ3v) is 5.05. The van der Waals surface area contributed by atoms with Crippen molar-refractivity contribution in [1.82, 2.24) is 15.0 Å². The molecule has 7 nitrogen and oxygen atoms in total. The molecule has 1 unspecified atom stereocenters. The van der Waals surface area contributed by atoms with E-state index in [1.165, 1.54) is 0 Å². The van der Waals surface area contributed by atoms with Crippen LogP contribution < -0.4 is 10.1 Å². The zero-order valence-corrected chi connectivity index (χ0v) is 16.6. The van der Waals surface area contributed by atoms with Gasteiger partial charge in [0.25, 0.3) is 0 Å². The molecule has 0 saturated carbocycles. The van der Waals surface area contributed by atoms with E-state index in [2.05, 4.69) is 20.3 Å². The van der Waals surface area contributed by atoms with Crippen LogP contribution in [0, 0.1) is 6.92 Å². The first-order chi connectivity index (χ1) is 13.0. The second kappa shape index (κ2) is 8.73. The van der Waals surface area contributed by atoms with Crippen molar-refractivity contribution in [3.63, 3.8) is 0 Å². The number of halogens is 1. The molecule has 1 N–H and O–H groups in total. The molecule has 2 heterocycles. The molecule has 1 atom stereocenters. The number of rotatable bonds is 6. The standard InChI is InChI=1S/C19H25ClN4O3/c1-13-10-16(22-27-13)12-23-6-8-24(9-7-23)14(2)19(25)21-17-11-15(20)4-5-18(17)26-3/h4-5,10-11,14H,6-9,12H2,1-3H3,(H,21,25). The number of nitrogens with one attached hydrogen (secondary N) is 1. The smallest absolute Gasteiger partial charge is 0.241 e. The molecule has 1 aromatic heterocycles. The Labute approximate surface area is 164 Å². The summed E-state index contributed by atoms with van der Waals surface area (Å²) in [6, 6.07) is 6.89. The number of benzene rings is 1. The normalized spacial score (nSPS) is 16.9. The first kappa shape index (κ1) is 19.7. The lowest BCUT2D eigenvalue weighted by Crippen LogP contribution is -2.52. The highest BCUT2D eigenvalue weighted by atomic mass is 35.5. The van der Waals surface area contributed by atoms with Gasteiger partial charge in [-0.05, 0) is 32.0 Å². The van der Waals surface area contributed by atoms with Gasteiger partial charge in [0.15, 0.2) is 0 Å². The summed E-state index contributed by atoms with van der Waals surface area (Å²) in [6.07, 6.45) is 0. The molecule has 0 bridgehead atoms. The highest BCUT2D eigenvalue weighted by molar-refractivity contribution is 6.31. The van der Waals surface area contributed by atoms with Gasteiger partial charge in [-0.1, -0.05) is 16.8 Å². The maximum atomic E-state index is 12.7. The number of anilines is 1. The van der Waals surface area contributed by atoms with Crippen LogP contribution in [0.2, 0.25) is 5.02 Å². The fourth-order valence-corrected chi connectivity index (χ4v) is 3.38. The van der Waals surface area contributed by atoms with Crippen LogP contribution in [0.25, 0.3) is 0 Å². The van der Waals surface area contributed by atoms with E-state index in [1.54, 1.807) is 25.3 Å². The molecule has 1 amide bonds. The number of ether oxygens (including phenoxy) is 1. The Hall–Kier alpha value is -2.09. The van der Waals surface area contributed by atoms with Crippen molar-refractivity contribution in [3.05, 3.63) is 40.7 Å². The lowest BCUT2D eigenvalue weighted by atomic mass is 10.2. The summed E-state index contributed by atoms with van der Waals surface area (Å²) >= 11 is 6.03. The highest BCUT2D eigenvalue weighted by Gasteiger charge is 2.26. The first-order valence-corrected chi connectivity index (χ1v) is 9.37. The summed E-state index contributed by atoms with van der Waals surface area (Å²) in [4.78, 5) is 17.2. The van der Waals surface area contributed by atoms with Crippen LogP contribution in [-0.2, 0) is 11.3 Å². The number of carbonyl (C=O) groups excluding carboxylic acids is 1. The summed E-state index contributed by atoms with van der Waals surface area (Å²) in [5.74, 6) is 1.34. The fourth-order valence-electron chi connectivity index (χ4n) is 3.21. The Morgan fingerprint density at radius 1 is 1.33 bits per heavy atom. The molecule has 1 aliphatic rings. The van der Waals surface area contributed by atoms with Gasteiger partial charge in [-0.15, -0.1) is 0 Å². The number of nitrogens with zero attached hydrogens (tertiary/aromatic N) is 3. The number of hydrogen-bond acceptors (Lipinski definition) is 6. The quantitative estimate of drug-likeness (QED) is 0.815. The van der Waals surface area contributed by atoms with Crippen molar-refractivity contribution >= 4 is 23.2 Å². The van der Waals surface area contributed by atoms with Crippen molar-refractivity contribution in [3.8, 4) is 5.75 Å². The van der Waals surface area contributed by atoms with E-state index in [1.807, 2.05) is 19.9 Å². The summed E-state index contributed by atoms with van der Waals surface area (Å²) in [5.41, 5.74) is 1.53. The molecule has 27 heavy (non-hydrogen) atoms. The zero-order valence-electron chi connectivity index (χ0n) is 15.9. The van der Waals surface area contributed by atoms with Crippen molar-refractivity contribution < 1.29 is 14.1 Å². The lowest BCUT2D eigenvalue weighted by molar-refractivity contribution is -0.121. The molecule has 1 aromatic carbocycles. The van der Waals surface area contributed by atoms with E-state index in [-0.39, 0.29) is 11.9 Å². The molecule has 0 radical (unpaired) electrons. The van der Waals surface area contributed by atoms with Crippen LogP contribution in [0.3, 0.4) is 0 Å². The Balaban J connectivity index is 1.53. The Morgan fingerprint density at radius 2 is 2.07 bits per heavy atom. The predicted molar refractivity (Wildman–Crippen MR) is 104 cm³/mol. The molecular weight excluding hydrogens is 368 g/mol. The average molecular weight is 393 g/mol. The highest BCUT2D eigenvalue weighted by Crippen LogP contribution is 2.28. The van der Waals surface area contributed by atoms with Crippen molar-refractivity contribution in [2.45, 2.75) is 26.4 Å². The minimum atomic E-state index is -0.245. The van der Waals surface area contributed by atoms with Gasteiger partial charge in [0.1, 0.15) is 11.5 Å². The SMILES string of the molecule is COc1ccc(Cl)cc1NC(=O)C(C)N1CCN(Cc2cc(C)on2)CC1. The van der Waals surface area contributed by atoms with Crippen LogP contribution in [0.15, 0.2) is 28.8 Å². The number of amides is 1. The second-order valence-electron chi connectivity index (χ2n) is 6.75. The number of aryl methyl sites for hydroxylation is 1. The van der Waals surface area contributed by atoms with Gasteiger partial charge in [-0.2, -0.15) is 0 Å². The van der Waals surface area contributed by atoms with Gasteiger partial charge in [0.05, 0.1) is 24.5 Å². The number of aromatic nitrogens is 1. The van der Waals surface area contributed by atoms with Gasteiger partial charge < -0.3 is 14.6 Å². The van der Waals surface area contributed by atoms with Gasteiger partial charge in [-0.25, -0.2) is 0 Å². The van der Waals surface area contributed by atoms with E-state index in [9.17, 15) is 4.79 Å². The molecule has 2 aromatic rings. The van der Waals surface area contributed by atoms with Gasteiger partial charge in [0.2, 0.25) is 5.91 Å². The third kappa shape index (κ3) is 5.00. The molecule has 0 spiro atoms. The monoisotopic (exact) mass is 392 g/mol. The topological polar surface area (TPSA) is 70.8 Å². The first-order valence-electron chi connectivity index (χ1n) is 8.99. The summed E-state index contributed by atoms with van der Waals surface area (Å²) in [6.45, 7) is 7.97. The van der Waals surface area contributed by atoms with Crippen molar-refractivity contribution in [2.24, 2.45) is 0 Å². The van der Waals surface area contributed by atoms with E-state index in [0.717, 1.165) is 44.2 Å². The molecule has 146 valence electrons. The van der Waals surface area contributed by atoms with Crippen molar-refractivity contribution in [2.75, 3.05) is 38.6 Å². The third-order valence-electron chi connectivity index (χ3n) is 4.82. The summed E-state index contributed by atoms with van der Waals surface area (Å²) in [7, 11) is 1.57. The fraction of sp³-hybridized carbons (Fsp3) is 0.474.